The highest BCUT2D eigenvalue weighted by Crippen LogP contribution is 2.42. The van der Waals surface area contributed by atoms with Crippen molar-refractivity contribution in [3.05, 3.63) is 71.3 Å². The third kappa shape index (κ3) is 2.79. The van der Waals surface area contributed by atoms with Crippen LogP contribution < -0.4 is 0 Å². The number of aliphatic hydroxyl groups is 1. The second kappa shape index (κ2) is 6.42. The molecule has 1 fully saturated rings. The van der Waals surface area contributed by atoms with E-state index in [0.29, 0.717) is 13.2 Å². The van der Waals surface area contributed by atoms with Gasteiger partial charge in [-0.2, -0.15) is 0 Å². The number of ether oxygens (including phenoxy) is 3. The molecule has 0 unspecified atom stereocenters. The fraction of sp³-hybridized carbons (Fsp3) is 0.368. The summed E-state index contributed by atoms with van der Waals surface area (Å²) in [6.07, 6.45) is -0.970. The molecule has 0 aliphatic carbocycles. The van der Waals surface area contributed by atoms with Gasteiger partial charge in [0.05, 0.1) is 19.8 Å². The Morgan fingerprint density at radius 3 is 2.65 bits per heavy atom. The van der Waals surface area contributed by atoms with Gasteiger partial charge in [0, 0.05) is 0 Å². The first-order valence-corrected chi connectivity index (χ1v) is 7.98. The monoisotopic (exact) mass is 312 g/mol. The van der Waals surface area contributed by atoms with Crippen molar-refractivity contribution in [3.8, 4) is 0 Å². The van der Waals surface area contributed by atoms with Crippen LogP contribution in [0.5, 0.6) is 0 Å². The summed E-state index contributed by atoms with van der Waals surface area (Å²) in [4.78, 5) is 0. The van der Waals surface area contributed by atoms with Crippen molar-refractivity contribution in [3.63, 3.8) is 0 Å². The molecule has 4 nitrogen and oxygen atoms in total. The largest absolute Gasteiger partial charge is 0.394 e. The lowest BCUT2D eigenvalue weighted by Crippen LogP contribution is -2.38. The van der Waals surface area contributed by atoms with Gasteiger partial charge in [0.15, 0.2) is 0 Å². The summed E-state index contributed by atoms with van der Waals surface area (Å²) in [6.45, 7) is 0.974. The molecule has 23 heavy (non-hydrogen) atoms. The van der Waals surface area contributed by atoms with E-state index in [9.17, 15) is 5.11 Å². The van der Waals surface area contributed by atoms with Crippen molar-refractivity contribution < 1.29 is 19.3 Å². The third-order valence-corrected chi connectivity index (χ3v) is 4.57. The zero-order chi connectivity index (χ0) is 15.6. The molecule has 4 atom stereocenters. The Hall–Kier alpha value is -1.72. The number of hydrogen-bond donors (Lipinski definition) is 1. The standard InChI is InChI=1S/C19H20O4/c20-10-16-18(21-11-13-6-2-1-3-7-13)19-17(23-16)15-9-5-4-8-14(15)12-22-19/h1-9,16-20H,10-12H2/t16-,17-,18-,19-/m0/s1. The normalized spacial score (nSPS) is 29.1. The van der Waals surface area contributed by atoms with Gasteiger partial charge in [-0.1, -0.05) is 54.6 Å². The summed E-state index contributed by atoms with van der Waals surface area (Å²) in [5.74, 6) is 0. The van der Waals surface area contributed by atoms with E-state index < -0.39 is 0 Å². The Labute approximate surface area is 135 Å². The Morgan fingerprint density at radius 1 is 1.04 bits per heavy atom. The van der Waals surface area contributed by atoms with Gasteiger partial charge in [0.1, 0.15) is 24.4 Å². The van der Waals surface area contributed by atoms with Crippen LogP contribution in [0.2, 0.25) is 0 Å². The van der Waals surface area contributed by atoms with Crippen LogP contribution in [0.1, 0.15) is 22.8 Å². The average Bonchev–Trinajstić information content (AvgIpc) is 2.99. The van der Waals surface area contributed by atoms with Crippen molar-refractivity contribution in [1.82, 2.24) is 0 Å². The summed E-state index contributed by atoms with van der Waals surface area (Å²) in [6, 6.07) is 18.2. The second-order valence-electron chi connectivity index (χ2n) is 6.01. The van der Waals surface area contributed by atoms with Gasteiger partial charge in [0.25, 0.3) is 0 Å². The van der Waals surface area contributed by atoms with Gasteiger partial charge in [-0.05, 0) is 16.7 Å². The van der Waals surface area contributed by atoms with Gasteiger partial charge in [0.2, 0.25) is 0 Å². The van der Waals surface area contributed by atoms with Gasteiger partial charge in [-0.15, -0.1) is 0 Å². The Bertz CT molecular complexity index is 657. The molecule has 4 rings (SSSR count). The third-order valence-electron chi connectivity index (χ3n) is 4.57. The fourth-order valence-electron chi connectivity index (χ4n) is 3.40. The Morgan fingerprint density at radius 2 is 1.83 bits per heavy atom. The van der Waals surface area contributed by atoms with E-state index >= 15 is 0 Å². The molecule has 2 aromatic carbocycles. The maximum Gasteiger partial charge on any atom is 0.117 e. The van der Waals surface area contributed by atoms with Crippen LogP contribution in [-0.4, -0.2) is 30.0 Å². The topological polar surface area (TPSA) is 47.9 Å². The van der Waals surface area contributed by atoms with Gasteiger partial charge in [-0.25, -0.2) is 0 Å². The summed E-state index contributed by atoms with van der Waals surface area (Å²) in [5, 5.41) is 9.67. The highest BCUT2D eigenvalue weighted by atomic mass is 16.6. The van der Waals surface area contributed by atoms with Gasteiger partial charge >= 0.3 is 0 Å². The lowest BCUT2D eigenvalue weighted by molar-refractivity contribution is -0.0882. The number of hydrogen-bond acceptors (Lipinski definition) is 4. The molecule has 0 saturated carbocycles. The molecule has 0 amide bonds. The first-order valence-electron chi connectivity index (χ1n) is 7.98. The van der Waals surface area contributed by atoms with E-state index in [2.05, 4.69) is 12.1 Å². The lowest BCUT2D eigenvalue weighted by Gasteiger charge is -2.30. The molecule has 0 spiro atoms. The molecule has 2 heterocycles. The number of benzene rings is 2. The van der Waals surface area contributed by atoms with Crippen LogP contribution in [0, 0.1) is 0 Å². The second-order valence-corrected chi connectivity index (χ2v) is 6.01. The van der Waals surface area contributed by atoms with E-state index in [0.717, 1.165) is 16.7 Å². The van der Waals surface area contributed by atoms with Crippen LogP contribution in [0.4, 0.5) is 0 Å². The SMILES string of the molecule is OC[C@@H]1O[C@H]2c3ccccc3CO[C@@H]2[C@H]1OCc1ccccc1. The molecule has 120 valence electrons. The molecule has 2 aromatic rings. The number of rotatable bonds is 4. The van der Waals surface area contributed by atoms with Crippen molar-refractivity contribution in [2.24, 2.45) is 0 Å². The van der Waals surface area contributed by atoms with Crippen LogP contribution in [0.15, 0.2) is 54.6 Å². The molecule has 2 aliphatic heterocycles. The Kier molecular flexibility index (Phi) is 4.14. The van der Waals surface area contributed by atoms with Crippen molar-refractivity contribution in [2.75, 3.05) is 6.61 Å². The summed E-state index contributed by atoms with van der Waals surface area (Å²) in [7, 11) is 0. The first-order chi connectivity index (χ1) is 11.4. The van der Waals surface area contributed by atoms with E-state index in [1.807, 2.05) is 42.5 Å². The molecule has 1 saturated heterocycles. The van der Waals surface area contributed by atoms with Crippen molar-refractivity contribution in [2.45, 2.75) is 37.6 Å². The zero-order valence-corrected chi connectivity index (χ0v) is 12.8. The van der Waals surface area contributed by atoms with Crippen LogP contribution >= 0.6 is 0 Å². The molecule has 0 aromatic heterocycles. The van der Waals surface area contributed by atoms with Crippen molar-refractivity contribution in [1.29, 1.82) is 0 Å². The van der Waals surface area contributed by atoms with Crippen LogP contribution in [-0.2, 0) is 27.4 Å². The quantitative estimate of drug-likeness (QED) is 0.943. The molecule has 0 bridgehead atoms. The summed E-state index contributed by atoms with van der Waals surface area (Å²) >= 11 is 0. The first kappa shape index (κ1) is 14.8. The maximum absolute atomic E-state index is 9.67. The minimum atomic E-state index is -0.361. The van der Waals surface area contributed by atoms with E-state index in [1.54, 1.807) is 0 Å². The molecular weight excluding hydrogens is 292 g/mol. The van der Waals surface area contributed by atoms with E-state index in [-0.39, 0.29) is 31.0 Å². The van der Waals surface area contributed by atoms with Crippen LogP contribution in [0.25, 0.3) is 0 Å². The minimum Gasteiger partial charge on any atom is -0.394 e. The van der Waals surface area contributed by atoms with Gasteiger partial charge in [-0.3, -0.25) is 0 Å². The zero-order valence-electron chi connectivity index (χ0n) is 12.8. The maximum atomic E-state index is 9.67. The number of aliphatic hydroxyl groups excluding tert-OH is 1. The number of fused-ring (bicyclic) bond motifs is 3. The van der Waals surface area contributed by atoms with Gasteiger partial charge < -0.3 is 19.3 Å². The Balaban J connectivity index is 1.53. The summed E-state index contributed by atoms with van der Waals surface area (Å²) in [5.41, 5.74) is 3.39. The van der Waals surface area contributed by atoms with E-state index in [1.165, 1.54) is 0 Å². The average molecular weight is 312 g/mol. The molecule has 0 radical (unpaired) electrons. The highest BCUT2D eigenvalue weighted by molar-refractivity contribution is 5.32. The van der Waals surface area contributed by atoms with E-state index in [4.69, 9.17) is 14.2 Å². The summed E-state index contributed by atoms with van der Waals surface area (Å²) < 4.78 is 18.1. The molecule has 4 heteroatoms. The minimum absolute atomic E-state index is 0.0714. The predicted molar refractivity (Wildman–Crippen MR) is 84.7 cm³/mol. The molecular formula is C19H20O4. The van der Waals surface area contributed by atoms with Crippen molar-refractivity contribution >= 4 is 0 Å². The molecule has 1 N–H and O–H groups in total. The highest BCUT2D eigenvalue weighted by Gasteiger charge is 2.48. The lowest BCUT2D eigenvalue weighted by atomic mass is 9.94. The van der Waals surface area contributed by atoms with Crippen LogP contribution in [0.3, 0.4) is 0 Å². The molecule has 2 aliphatic rings. The smallest absolute Gasteiger partial charge is 0.117 e. The predicted octanol–water partition coefficient (Wildman–Crippen LogP) is 2.60. The fourth-order valence-corrected chi connectivity index (χ4v) is 3.40.